The molecule has 0 amide bonds. The van der Waals surface area contributed by atoms with Gasteiger partial charge in [0.25, 0.3) is 0 Å². The molecule has 0 aromatic heterocycles. The van der Waals surface area contributed by atoms with E-state index < -0.39 is 12.3 Å². The molecule has 0 radical (unpaired) electrons. The van der Waals surface area contributed by atoms with Gasteiger partial charge < -0.3 is 14.6 Å². The van der Waals surface area contributed by atoms with Gasteiger partial charge in [0.1, 0.15) is 5.78 Å². The van der Waals surface area contributed by atoms with Gasteiger partial charge in [-0.2, -0.15) is 0 Å². The number of carbonyl (C=O) groups is 2. The van der Waals surface area contributed by atoms with Crippen molar-refractivity contribution in [2.24, 2.45) is 11.8 Å². The fourth-order valence-electron chi connectivity index (χ4n) is 2.17. The highest BCUT2D eigenvalue weighted by molar-refractivity contribution is 5.92. The van der Waals surface area contributed by atoms with Gasteiger partial charge in [-0.05, 0) is 0 Å². The van der Waals surface area contributed by atoms with Crippen molar-refractivity contribution < 1.29 is 24.2 Å². The van der Waals surface area contributed by atoms with Gasteiger partial charge >= 0.3 is 5.97 Å². The van der Waals surface area contributed by atoms with Crippen LogP contribution in [0.4, 0.5) is 0 Å². The average Bonchev–Trinajstić information content (AvgIpc) is 2.60. The zero-order valence-corrected chi connectivity index (χ0v) is 8.30. The molecule has 0 unspecified atom stereocenters. The van der Waals surface area contributed by atoms with Gasteiger partial charge in [0.05, 0.1) is 18.9 Å². The second-order valence-corrected chi connectivity index (χ2v) is 3.81. The Kier molecular flexibility index (Phi) is 2.48. The molecule has 0 spiro atoms. The Labute approximate surface area is 86.7 Å². The topological polar surface area (TPSA) is 72.8 Å². The number of rotatable bonds is 1. The molecular formula is C10H12O5. The molecule has 0 bridgehead atoms. The van der Waals surface area contributed by atoms with Gasteiger partial charge in [0, 0.05) is 24.7 Å². The summed E-state index contributed by atoms with van der Waals surface area (Å²) in [5.74, 6) is -1.01. The Bertz CT molecular complexity index is 333. The highest BCUT2D eigenvalue weighted by Gasteiger charge is 2.45. The minimum absolute atomic E-state index is 0.0457. The highest BCUT2D eigenvalue weighted by Crippen LogP contribution is 2.40. The molecule has 1 heterocycles. The summed E-state index contributed by atoms with van der Waals surface area (Å²) in [6, 6.07) is 0. The number of hydrogen-bond donors (Lipinski definition) is 1. The van der Waals surface area contributed by atoms with Crippen molar-refractivity contribution in [1.82, 2.24) is 0 Å². The Morgan fingerprint density at radius 3 is 3.00 bits per heavy atom. The van der Waals surface area contributed by atoms with Crippen molar-refractivity contribution in [1.29, 1.82) is 0 Å². The third-order valence-corrected chi connectivity index (χ3v) is 2.95. The molecular weight excluding hydrogens is 200 g/mol. The smallest absolute Gasteiger partial charge is 0.337 e. The van der Waals surface area contributed by atoms with Crippen LogP contribution in [0.15, 0.2) is 11.8 Å². The first-order valence-corrected chi connectivity index (χ1v) is 4.77. The number of hydrogen-bond acceptors (Lipinski definition) is 5. The first-order chi connectivity index (χ1) is 7.13. The largest absolute Gasteiger partial charge is 0.472 e. The third kappa shape index (κ3) is 1.63. The van der Waals surface area contributed by atoms with E-state index in [1.165, 1.54) is 13.4 Å². The van der Waals surface area contributed by atoms with E-state index in [-0.39, 0.29) is 30.5 Å². The lowest BCUT2D eigenvalue weighted by atomic mass is 9.87. The fraction of sp³-hybridized carbons (Fsp3) is 0.600. The average molecular weight is 212 g/mol. The van der Waals surface area contributed by atoms with E-state index in [1.807, 2.05) is 0 Å². The first-order valence-electron chi connectivity index (χ1n) is 4.77. The van der Waals surface area contributed by atoms with Crippen LogP contribution < -0.4 is 0 Å². The number of ketones is 1. The van der Waals surface area contributed by atoms with Crippen molar-refractivity contribution in [3.05, 3.63) is 11.8 Å². The molecule has 5 nitrogen and oxygen atoms in total. The Morgan fingerprint density at radius 1 is 1.60 bits per heavy atom. The lowest BCUT2D eigenvalue weighted by molar-refractivity contribution is -0.142. The number of aliphatic hydroxyl groups excluding tert-OH is 1. The van der Waals surface area contributed by atoms with Crippen molar-refractivity contribution in [2.45, 2.75) is 19.1 Å². The highest BCUT2D eigenvalue weighted by atomic mass is 16.6. The number of fused-ring (bicyclic) bond motifs is 1. The maximum Gasteiger partial charge on any atom is 0.337 e. The molecule has 82 valence electrons. The lowest BCUT2D eigenvalue weighted by Crippen LogP contribution is -2.33. The molecule has 2 aliphatic rings. The van der Waals surface area contributed by atoms with Crippen LogP contribution in [0, 0.1) is 11.8 Å². The molecule has 0 saturated heterocycles. The number of aliphatic hydroxyl groups is 1. The van der Waals surface area contributed by atoms with Crippen LogP contribution in [0.1, 0.15) is 12.8 Å². The summed E-state index contributed by atoms with van der Waals surface area (Å²) >= 11 is 0. The Hall–Kier alpha value is -1.36. The molecule has 3 atom stereocenters. The number of Topliss-reactive ketones (excluding diaryl/α,β-unsaturated/α-hetero) is 1. The van der Waals surface area contributed by atoms with E-state index in [0.717, 1.165) is 0 Å². The molecule has 1 N–H and O–H groups in total. The second kappa shape index (κ2) is 3.66. The van der Waals surface area contributed by atoms with E-state index in [2.05, 4.69) is 4.74 Å². The number of ether oxygens (including phenoxy) is 2. The van der Waals surface area contributed by atoms with E-state index in [9.17, 15) is 14.7 Å². The van der Waals surface area contributed by atoms with Gasteiger partial charge in [0.15, 0.2) is 6.29 Å². The fourth-order valence-corrected chi connectivity index (χ4v) is 2.17. The van der Waals surface area contributed by atoms with E-state index in [0.29, 0.717) is 5.57 Å². The standard InChI is InChI=1S/C10H12O5/c1-14-9(12)8-4-15-10(13)7-3-5(11)2-6(7)8/h4,6-7,10,13H,2-3H2,1H3/t6-,7+,10-/m0/s1. The number of esters is 1. The normalized spacial score (nSPS) is 34.1. The second-order valence-electron chi connectivity index (χ2n) is 3.81. The van der Waals surface area contributed by atoms with Gasteiger partial charge in [-0.3, -0.25) is 4.79 Å². The predicted octanol–water partition coefficient (Wildman–Crippen LogP) is -0.0128. The maximum atomic E-state index is 11.4. The molecule has 5 heteroatoms. The summed E-state index contributed by atoms with van der Waals surface area (Å²) in [7, 11) is 1.28. The first kappa shape index (κ1) is 10.2. The van der Waals surface area contributed by atoms with Crippen LogP contribution in [0.3, 0.4) is 0 Å². The minimum Gasteiger partial charge on any atom is -0.472 e. The Morgan fingerprint density at radius 2 is 2.33 bits per heavy atom. The zero-order chi connectivity index (χ0) is 11.0. The van der Waals surface area contributed by atoms with Crippen LogP contribution in [-0.2, 0) is 19.1 Å². The maximum absolute atomic E-state index is 11.4. The van der Waals surface area contributed by atoms with Crippen LogP contribution >= 0.6 is 0 Å². The van der Waals surface area contributed by atoms with E-state index in [4.69, 9.17) is 4.74 Å². The summed E-state index contributed by atoms with van der Waals surface area (Å²) in [5, 5.41) is 9.50. The minimum atomic E-state index is -0.991. The zero-order valence-electron chi connectivity index (χ0n) is 8.30. The van der Waals surface area contributed by atoms with Crippen LogP contribution in [0.5, 0.6) is 0 Å². The van der Waals surface area contributed by atoms with Crippen LogP contribution in [-0.4, -0.2) is 30.3 Å². The molecule has 1 aliphatic carbocycles. The number of methoxy groups -OCH3 is 1. The summed E-state index contributed by atoms with van der Waals surface area (Å²) in [6.07, 6.45) is 0.762. The summed E-state index contributed by atoms with van der Waals surface area (Å²) in [6.45, 7) is 0. The molecule has 1 aliphatic heterocycles. The number of carbonyl (C=O) groups excluding carboxylic acids is 2. The van der Waals surface area contributed by atoms with Crippen molar-refractivity contribution in [3.8, 4) is 0 Å². The van der Waals surface area contributed by atoms with Crippen molar-refractivity contribution in [3.63, 3.8) is 0 Å². The summed E-state index contributed by atoms with van der Waals surface area (Å²) < 4.78 is 9.50. The van der Waals surface area contributed by atoms with E-state index >= 15 is 0 Å². The van der Waals surface area contributed by atoms with Gasteiger partial charge in [0.2, 0.25) is 0 Å². The summed E-state index contributed by atoms with van der Waals surface area (Å²) in [4.78, 5) is 22.6. The van der Waals surface area contributed by atoms with Gasteiger partial charge in [-0.1, -0.05) is 0 Å². The molecule has 2 rings (SSSR count). The van der Waals surface area contributed by atoms with Crippen molar-refractivity contribution >= 4 is 11.8 Å². The molecule has 0 aromatic rings. The van der Waals surface area contributed by atoms with Gasteiger partial charge in [-0.25, -0.2) is 4.79 Å². The quantitative estimate of drug-likeness (QED) is 0.619. The molecule has 1 saturated carbocycles. The van der Waals surface area contributed by atoms with Crippen molar-refractivity contribution in [2.75, 3.05) is 7.11 Å². The third-order valence-electron chi connectivity index (χ3n) is 2.95. The summed E-state index contributed by atoms with van der Waals surface area (Å²) in [5.41, 5.74) is 0.346. The van der Waals surface area contributed by atoms with Crippen LogP contribution in [0.25, 0.3) is 0 Å². The molecule has 1 fully saturated rings. The molecule has 0 aromatic carbocycles. The van der Waals surface area contributed by atoms with Crippen LogP contribution in [0.2, 0.25) is 0 Å². The van der Waals surface area contributed by atoms with Gasteiger partial charge in [-0.15, -0.1) is 0 Å². The Balaban J connectivity index is 2.26. The predicted molar refractivity (Wildman–Crippen MR) is 48.4 cm³/mol. The SMILES string of the molecule is COC(=O)C1=CO[C@H](O)[C@@H]2CC(=O)C[C@H]12. The lowest BCUT2D eigenvalue weighted by Gasteiger charge is -2.28. The monoisotopic (exact) mass is 212 g/mol. The molecule has 15 heavy (non-hydrogen) atoms. The van der Waals surface area contributed by atoms with E-state index in [1.54, 1.807) is 0 Å².